The molecule has 0 radical (unpaired) electrons. The molecule has 1 rings (SSSR count). The van der Waals surface area contributed by atoms with Gasteiger partial charge in [0.15, 0.2) is 5.78 Å². The number of carbonyl (C=O) groups is 1. The van der Waals surface area contributed by atoms with Crippen molar-refractivity contribution in [2.45, 2.75) is 19.0 Å². The summed E-state index contributed by atoms with van der Waals surface area (Å²) in [5.74, 6) is -0.174. The molecule has 3 heteroatoms. The normalized spacial score (nSPS) is 30.5. The minimum atomic E-state index is -1.44. The quantitative estimate of drug-likeness (QED) is 0.662. The van der Waals surface area contributed by atoms with Gasteiger partial charge in [-0.15, -0.1) is 0 Å². The number of ketones is 1. The molecule has 0 saturated heterocycles. The van der Waals surface area contributed by atoms with Gasteiger partial charge in [-0.2, -0.15) is 0 Å². The Morgan fingerprint density at radius 2 is 2.36 bits per heavy atom. The highest BCUT2D eigenvalue weighted by molar-refractivity contribution is 9.12. The Morgan fingerprint density at radius 1 is 1.73 bits per heavy atom. The fraction of sp³-hybridized carbons (Fsp3) is 0.375. The molecule has 0 unspecified atom stereocenters. The molecule has 1 atom stereocenters. The topological polar surface area (TPSA) is 17.1 Å². The average Bonchev–Trinajstić information content (AvgIpc) is 1.98. The minimum absolute atomic E-state index is 0.174. The lowest BCUT2D eigenvalue weighted by Crippen LogP contribution is -2.20. The van der Waals surface area contributed by atoms with Crippen LogP contribution in [0.3, 0.4) is 0 Å². The molecule has 0 amide bonds. The summed E-state index contributed by atoms with van der Waals surface area (Å²) < 4.78 is 13.7. The van der Waals surface area contributed by atoms with Crippen molar-refractivity contribution in [2.24, 2.45) is 0 Å². The lowest BCUT2D eigenvalue weighted by Gasteiger charge is -2.18. The molecule has 11 heavy (non-hydrogen) atoms. The molecule has 1 aliphatic carbocycles. The van der Waals surface area contributed by atoms with E-state index < -0.39 is 5.67 Å². The van der Waals surface area contributed by atoms with Crippen LogP contribution in [0.25, 0.3) is 0 Å². The van der Waals surface area contributed by atoms with Crippen molar-refractivity contribution < 1.29 is 9.18 Å². The maximum atomic E-state index is 13.4. The van der Waals surface area contributed by atoms with E-state index in [1.165, 1.54) is 18.2 Å². The second-order valence-electron chi connectivity index (χ2n) is 2.47. The van der Waals surface area contributed by atoms with Gasteiger partial charge >= 0.3 is 0 Å². The zero-order chi connectivity index (χ0) is 8.48. The van der Waals surface area contributed by atoms with Crippen molar-refractivity contribution in [3.05, 3.63) is 22.7 Å². The van der Waals surface area contributed by atoms with Crippen molar-refractivity contribution in [3.63, 3.8) is 0 Å². The summed E-state index contributed by atoms with van der Waals surface area (Å²) in [6.45, 7) is 1.73. The average molecular weight is 219 g/mol. The van der Waals surface area contributed by atoms with Crippen molar-refractivity contribution in [2.75, 3.05) is 0 Å². The number of alkyl halides is 1. The van der Waals surface area contributed by atoms with Gasteiger partial charge in [0.05, 0.1) is 4.48 Å². The van der Waals surface area contributed by atoms with E-state index in [2.05, 4.69) is 15.9 Å². The van der Waals surface area contributed by atoms with Crippen LogP contribution in [-0.2, 0) is 4.79 Å². The third kappa shape index (κ3) is 1.77. The summed E-state index contributed by atoms with van der Waals surface area (Å²) in [5.41, 5.74) is -1.44. The Labute approximate surface area is 73.1 Å². The van der Waals surface area contributed by atoms with Crippen LogP contribution in [-0.4, -0.2) is 11.5 Å². The molecule has 1 aliphatic rings. The molecular weight excluding hydrogens is 211 g/mol. The van der Waals surface area contributed by atoms with E-state index in [1.54, 1.807) is 6.92 Å². The van der Waals surface area contributed by atoms with E-state index in [0.717, 1.165) is 0 Å². The fourth-order valence-electron chi connectivity index (χ4n) is 0.844. The molecule has 0 heterocycles. The fourth-order valence-corrected chi connectivity index (χ4v) is 1.36. The van der Waals surface area contributed by atoms with Gasteiger partial charge < -0.3 is 0 Å². The van der Waals surface area contributed by atoms with E-state index in [0.29, 0.717) is 10.9 Å². The molecule has 60 valence electrons. The first-order valence-corrected chi connectivity index (χ1v) is 4.17. The van der Waals surface area contributed by atoms with Crippen molar-refractivity contribution in [1.82, 2.24) is 0 Å². The van der Waals surface area contributed by atoms with Gasteiger partial charge in [0.25, 0.3) is 0 Å². The first-order chi connectivity index (χ1) is 5.07. The maximum Gasteiger partial charge on any atom is 0.192 e. The number of rotatable bonds is 1. The molecule has 0 aromatic rings. The minimum Gasteiger partial charge on any atom is -0.289 e. The smallest absolute Gasteiger partial charge is 0.192 e. The maximum absolute atomic E-state index is 13.4. The second-order valence-corrected chi connectivity index (χ2v) is 3.32. The predicted molar refractivity (Wildman–Crippen MR) is 45.3 cm³/mol. The molecule has 0 aromatic carbocycles. The van der Waals surface area contributed by atoms with Crippen LogP contribution in [0.4, 0.5) is 4.39 Å². The molecule has 0 fully saturated rings. The first-order valence-electron chi connectivity index (χ1n) is 3.38. The summed E-state index contributed by atoms with van der Waals surface area (Å²) in [6, 6.07) is 0. The van der Waals surface area contributed by atoms with Crippen LogP contribution in [0.15, 0.2) is 22.7 Å². The lowest BCUT2D eigenvalue weighted by molar-refractivity contribution is -0.110. The summed E-state index contributed by atoms with van der Waals surface area (Å²) in [4.78, 5) is 10.8. The largest absolute Gasteiger partial charge is 0.289 e. The van der Waals surface area contributed by atoms with Crippen LogP contribution in [0.5, 0.6) is 0 Å². The van der Waals surface area contributed by atoms with E-state index in [-0.39, 0.29) is 5.78 Å². The zero-order valence-corrected chi connectivity index (χ0v) is 7.69. The van der Waals surface area contributed by atoms with E-state index in [1.807, 2.05) is 0 Å². The van der Waals surface area contributed by atoms with Crippen molar-refractivity contribution >= 4 is 21.7 Å². The Bertz CT molecular complexity index is 244. The molecular formula is C8H8BrFO. The van der Waals surface area contributed by atoms with Crippen LogP contribution >= 0.6 is 15.9 Å². The van der Waals surface area contributed by atoms with Crippen LogP contribution < -0.4 is 0 Å². The zero-order valence-electron chi connectivity index (χ0n) is 6.10. The summed E-state index contributed by atoms with van der Waals surface area (Å²) in [7, 11) is 0. The first kappa shape index (κ1) is 8.65. The third-order valence-corrected chi connectivity index (χ3v) is 2.28. The number of carbonyl (C=O) groups excluding carboxylic acids is 1. The Hall–Kier alpha value is -0.440. The number of allylic oxidation sites excluding steroid dienone is 4. The van der Waals surface area contributed by atoms with Crippen molar-refractivity contribution in [1.29, 1.82) is 0 Å². The number of halogens is 2. The monoisotopic (exact) mass is 218 g/mol. The predicted octanol–water partition coefficient (Wildman–Crippen LogP) is 2.52. The van der Waals surface area contributed by atoms with Crippen LogP contribution in [0, 0.1) is 0 Å². The summed E-state index contributed by atoms with van der Waals surface area (Å²) in [5, 5.41) is 0. The molecule has 1 nitrogen and oxygen atoms in total. The van der Waals surface area contributed by atoms with Gasteiger partial charge in [0, 0.05) is 0 Å². The van der Waals surface area contributed by atoms with Gasteiger partial charge in [0.2, 0.25) is 0 Å². The Morgan fingerprint density at radius 3 is 2.82 bits per heavy atom. The molecule has 0 aliphatic heterocycles. The van der Waals surface area contributed by atoms with E-state index in [9.17, 15) is 9.18 Å². The summed E-state index contributed by atoms with van der Waals surface area (Å²) >= 11 is 2.99. The van der Waals surface area contributed by atoms with Gasteiger partial charge in [0.1, 0.15) is 5.67 Å². The van der Waals surface area contributed by atoms with Crippen LogP contribution in [0.1, 0.15) is 13.3 Å². The molecule has 0 aromatic heterocycles. The Kier molecular flexibility index (Phi) is 2.28. The number of hydrogen-bond donors (Lipinski definition) is 0. The number of hydrogen-bond acceptors (Lipinski definition) is 1. The lowest BCUT2D eigenvalue weighted by atomic mass is 9.97. The summed E-state index contributed by atoms with van der Waals surface area (Å²) in [6.07, 6.45) is 4.20. The SMILES string of the molecule is CC[C@]1(F)C=CC(=O)C(Br)=C1. The highest BCUT2D eigenvalue weighted by atomic mass is 79.9. The molecule has 0 bridgehead atoms. The van der Waals surface area contributed by atoms with Crippen LogP contribution in [0.2, 0.25) is 0 Å². The van der Waals surface area contributed by atoms with E-state index >= 15 is 0 Å². The van der Waals surface area contributed by atoms with E-state index in [4.69, 9.17) is 0 Å². The highest BCUT2D eigenvalue weighted by Gasteiger charge is 2.26. The highest BCUT2D eigenvalue weighted by Crippen LogP contribution is 2.27. The standard InChI is InChI=1S/C8H8BrFO/c1-2-8(10)4-3-7(11)6(9)5-8/h3-5H,2H2,1H3/t8-/m0/s1. The van der Waals surface area contributed by atoms with Gasteiger partial charge in [-0.3, -0.25) is 4.79 Å². The molecule has 0 N–H and O–H groups in total. The third-order valence-electron chi connectivity index (χ3n) is 1.66. The van der Waals surface area contributed by atoms with Gasteiger partial charge in [-0.25, -0.2) is 4.39 Å². The van der Waals surface area contributed by atoms with Crippen molar-refractivity contribution in [3.8, 4) is 0 Å². The molecule has 0 saturated carbocycles. The van der Waals surface area contributed by atoms with Gasteiger partial charge in [-0.1, -0.05) is 6.92 Å². The van der Waals surface area contributed by atoms with Gasteiger partial charge in [-0.05, 0) is 40.6 Å². The second kappa shape index (κ2) is 2.89. The molecule has 0 spiro atoms. The Balaban J connectivity index is 2.93.